The van der Waals surface area contributed by atoms with E-state index in [0.717, 1.165) is 0 Å². The molecule has 0 amide bonds. The van der Waals surface area contributed by atoms with E-state index in [-0.39, 0.29) is 6.42 Å². The summed E-state index contributed by atoms with van der Waals surface area (Å²) in [6.45, 7) is 9.75. The zero-order chi connectivity index (χ0) is 10.5. The van der Waals surface area contributed by atoms with Crippen LogP contribution in [0.3, 0.4) is 0 Å². The van der Waals surface area contributed by atoms with Gasteiger partial charge in [0.25, 0.3) is 0 Å². The van der Waals surface area contributed by atoms with Gasteiger partial charge >= 0.3 is 0 Å². The predicted octanol–water partition coefficient (Wildman–Crippen LogP) is 1.17. The van der Waals surface area contributed by atoms with E-state index in [0.29, 0.717) is 0 Å². The molecule has 13 heavy (non-hydrogen) atoms. The van der Waals surface area contributed by atoms with Gasteiger partial charge in [-0.25, -0.2) is 0 Å². The van der Waals surface area contributed by atoms with Gasteiger partial charge in [-0.1, -0.05) is 31.6 Å². The highest BCUT2D eigenvalue weighted by Crippen LogP contribution is 2.00. The van der Waals surface area contributed by atoms with Crippen LogP contribution in [-0.2, 0) is 0 Å². The van der Waals surface area contributed by atoms with Crippen molar-refractivity contribution < 1.29 is 10.2 Å². The lowest BCUT2D eigenvalue weighted by molar-refractivity contribution is 0.138. The summed E-state index contributed by atoms with van der Waals surface area (Å²) in [6.07, 6.45) is 0.256. The molecule has 2 N–H and O–H groups in total. The molecule has 0 rings (SSSR count). The summed E-state index contributed by atoms with van der Waals surface area (Å²) in [6, 6.07) is 0. The minimum atomic E-state index is -1.41. The van der Waals surface area contributed by atoms with Gasteiger partial charge in [-0.2, -0.15) is 0 Å². The van der Waals surface area contributed by atoms with Crippen molar-refractivity contribution in [3.05, 3.63) is 12.7 Å². The van der Waals surface area contributed by atoms with E-state index in [1.54, 1.807) is 0 Å². The van der Waals surface area contributed by atoms with E-state index in [4.69, 9.17) is 5.11 Å². The predicted molar refractivity (Wildman–Crippen MR) is 57.9 cm³/mol. The Kier molecular flexibility index (Phi) is 5.00. The zero-order valence-corrected chi connectivity index (χ0v) is 9.54. The molecule has 0 aromatic rings. The summed E-state index contributed by atoms with van der Waals surface area (Å²) in [7, 11) is -1.41. The van der Waals surface area contributed by atoms with Crippen molar-refractivity contribution in [2.45, 2.75) is 38.3 Å². The highest BCUT2D eigenvalue weighted by molar-refractivity contribution is 6.83. The monoisotopic (exact) mass is 198 g/mol. The highest BCUT2D eigenvalue weighted by Gasteiger charge is 2.10. The van der Waals surface area contributed by atoms with Crippen LogP contribution in [-0.4, -0.2) is 30.5 Å². The molecule has 0 saturated carbocycles. The molecule has 2 atom stereocenters. The molecule has 74 valence electrons. The molecule has 0 saturated heterocycles. The first-order chi connectivity index (χ1) is 5.85. The van der Waals surface area contributed by atoms with Crippen LogP contribution in [0.15, 0.2) is 12.7 Å². The molecule has 0 radical (unpaired) electrons. The summed E-state index contributed by atoms with van der Waals surface area (Å²) in [5, 5.41) is 18.5. The molecule has 0 spiro atoms. The summed E-state index contributed by atoms with van der Waals surface area (Å²) in [5.74, 6) is 2.75. The average molecular weight is 198 g/mol. The minimum absolute atomic E-state index is 0.251. The Bertz CT molecular complexity index is 219. The summed E-state index contributed by atoms with van der Waals surface area (Å²) < 4.78 is 0. The van der Waals surface area contributed by atoms with Crippen LogP contribution in [0, 0.1) is 11.5 Å². The number of aliphatic hydroxyl groups excluding tert-OH is 2. The van der Waals surface area contributed by atoms with Gasteiger partial charge in [0, 0.05) is 6.42 Å². The Morgan fingerprint density at radius 2 is 1.92 bits per heavy atom. The molecule has 0 aromatic heterocycles. The van der Waals surface area contributed by atoms with Crippen molar-refractivity contribution in [1.29, 1.82) is 0 Å². The van der Waals surface area contributed by atoms with E-state index in [1.807, 2.05) is 0 Å². The molecule has 3 heteroatoms. The molecule has 0 heterocycles. The second kappa shape index (κ2) is 5.23. The van der Waals surface area contributed by atoms with Crippen molar-refractivity contribution in [3.8, 4) is 11.5 Å². The van der Waals surface area contributed by atoms with Gasteiger partial charge in [0.15, 0.2) is 0 Å². The van der Waals surface area contributed by atoms with Crippen molar-refractivity contribution in [3.63, 3.8) is 0 Å². The maximum atomic E-state index is 9.35. The van der Waals surface area contributed by atoms with Gasteiger partial charge in [0.2, 0.25) is 0 Å². The van der Waals surface area contributed by atoms with Crippen LogP contribution >= 0.6 is 0 Å². The molecule has 0 aliphatic carbocycles. The van der Waals surface area contributed by atoms with Gasteiger partial charge in [-0.05, 0) is 0 Å². The standard InChI is InChI=1S/C10H18O2Si/c1-5-9(11)8-10(12)6-7-13(2,3)4/h5,9-12H,1,8H2,2-4H3/t9-,10+/m1/s1. The highest BCUT2D eigenvalue weighted by atomic mass is 28.3. The fraction of sp³-hybridized carbons (Fsp3) is 0.600. The number of rotatable bonds is 3. The summed E-state index contributed by atoms with van der Waals surface area (Å²) in [4.78, 5) is 0. The van der Waals surface area contributed by atoms with Crippen molar-refractivity contribution >= 4 is 8.07 Å². The molecule has 0 bridgehead atoms. The van der Waals surface area contributed by atoms with Crippen molar-refractivity contribution in [2.75, 3.05) is 0 Å². The Morgan fingerprint density at radius 3 is 2.31 bits per heavy atom. The average Bonchev–Trinajstić information content (AvgIpc) is 1.99. The smallest absolute Gasteiger partial charge is 0.129 e. The molecular formula is C10H18O2Si. The van der Waals surface area contributed by atoms with Crippen LogP contribution in [0.4, 0.5) is 0 Å². The number of hydrogen-bond donors (Lipinski definition) is 2. The summed E-state index contributed by atoms with van der Waals surface area (Å²) >= 11 is 0. The minimum Gasteiger partial charge on any atom is -0.389 e. The largest absolute Gasteiger partial charge is 0.389 e. The van der Waals surface area contributed by atoms with Crippen LogP contribution in [0.2, 0.25) is 19.6 Å². The Hall–Kier alpha value is -0.563. The molecular weight excluding hydrogens is 180 g/mol. The normalized spacial score (nSPS) is 15.5. The van der Waals surface area contributed by atoms with Crippen molar-refractivity contribution in [1.82, 2.24) is 0 Å². The quantitative estimate of drug-likeness (QED) is 0.406. The lowest BCUT2D eigenvalue weighted by Crippen LogP contribution is -2.19. The molecule has 0 aliphatic heterocycles. The maximum Gasteiger partial charge on any atom is 0.129 e. The van der Waals surface area contributed by atoms with Crippen LogP contribution in [0.5, 0.6) is 0 Å². The fourth-order valence-corrected chi connectivity index (χ4v) is 1.28. The van der Waals surface area contributed by atoms with Crippen LogP contribution < -0.4 is 0 Å². The van der Waals surface area contributed by atoms with E-state index >= 15 is 0 Å². The molecule has 0 fully saturated rings. The van der Waals surface area contributed by atoms with E-state index < -0.39 is 20.3 Å². The first-order valence-corrected chi connectivity index (χ1v) is 7.86. The summed E-state index contributed by atoms with van der Waals surface area (Å²) in [5.41, 5.74) is 3.04. The third-order valence-electron chi connectivity index (χ3n) is 1.35. The number of hydrogen-bond acceptors (Lipinski definition) is 2. The fourth-order valence-electron chi connectivity index (χ4n) is 0.684. The Morgan fingerprint density at radius 1 is 1.38 bits per heavy atom. The molecule has 0 aromatic carbocycles. The molecule has 0 aliphatic rings. The Balaban J connectivity index is 4.05. The first kappa shape index (κ1) is 12.4. The molecule has 0 unspecified atom stereocenters. The van der Waals surface area contributed by atoms with Gasteiger partial charge in [0.1, 0.15) is 14.2 Å². The maximum absolute atomic E-state index is 9.35. The van der Waals surface area contributed by atoms with E-state index in [9.17, 15) is 5.11 Å². The third kappa shape index (κ3) is 7.79. The topological polar surface area (TPSA) is 40.5 Å². The van der Waals surface area contributed by atoms with Gasteiger partial charge in [-0.15, -0.1) is 12.1 Å². The van der Waals surface area contributed by atoms with Crippen LogP contribution in [0.25, 0.3) is 0 Å². The second-order valence-electron chi connectivity index (χ2n) is 4.07. The van der Waals surface area contributed by atoms with Gasteiger partial charge in [-0.3, -0.25) is 0 Å². The first-order valence-electron chi connectivity index (χ1n) is 4.36. The lowest BCUT2D eigenvalue weighted by Gasteiger charge is -2.08. The third-order valence-corrected chi connectivity index (χ3v) is 2.24. The zero-order valence-electron chi connectivity index (χ0n) is 8.54. The van der Waals surface area contributed by atoms with Crippen LogP contribution in [0.1, 0.15) is 6.42 Å². The van der Waals surface area contributed by atoms with E-state index in [2.05, 4.69) is 37.7 Å². The molecule has 2 nitrogen and oxygen atoms in total. The van der Waals surface area contributed by atoms with E-state index in [1.165, 1.54) is 6.08 Å². The van der Waals surface area contributed by atoms with Crippen molar-refractivity contribution in [2.24, 2.45) is 0 Å². The Labute approximate surface area is 81.3 Å². The van der Waals surface area contributed by atoms with Gasteiger partial charge in [0.05, 0.1) is 6.10 Å². The second-order valence-corrected chi connectivity index (χ2v) is 8.82. The van der Waals surface area contributed by atoms with Gasteiger partial charge < -0.3 is 10.2 Å². The number of aliphatic hydroxyl groups is 2. The lowest BCUT2D eigenvalue weighted by atomic mass is 10.2. The SMILES string of the molecule is C=C[C@@H](O)C[C@@H](O)C#C[Si](C)(C)C.